The van der Waals surface area contributed by atoms with Crippen LogP contribution in [0.25, 0.3) is 5.69 Å². The van der Waals surface area contributed by atoms with Gasteiger partial charge >= 0.3 is 6.03 Å². The van der Waals surface area contributed by atoms with Crippen LogP contribution in [0.5, 0.6) is 0 Å². The molecule has 152 valence electrons. The van der Waals surface area contributed by atoms with E-state index in [9.17, 15) is 4.79 Å². The van der Waals surface area contributed by atoms with Gasteiger partial charge in [0.25, 0.3) is 0 Å². The van der Waals surface area contributed by atoms with Gasteiger partial charge < -0.3 is 10.2 Å². The van der Waals surface area contributed by atoms with Crippen LogP contribution in [0.2, 0.25) is 0 Å². The van der Waals surface area contributed by atoms with Gasteiger partial charge in [-0.05, 0) is 42.5 Å². The number of carbonyl (C=O) groups is 1. The Labute approximate surface area is 172 Å². The molecule has 2 amide bonds. The van der Waals surface area contributed by atoms with Crippen LogP contribution >= 0.6 is 0 Å². The second-order valence-electron chi connectivity index (χ2n) is 7.85. The highest BCUT2D eigenvalue weighted by Crippen LogP contribution is 2.21. The van der Waals surface area contributed by atoms with Crippen molar-refractivity contribution in [1.29, 1.82) is 0 Å². The van der Waals surface area contributed by atoms with E-state index in [2.05, 4.69) is 42.2 Å². The summed E-state index contributed by atoms with van der Waals surface area (Å²) in [7, 11) is 1.80. The molecule has 6 nitrogen and oxygen atoms in total. The van der Waals surface area contributed by atoms with E-state index in [0.29, 0.717) is 12.5 Å². The number of aromatic nitrogens is 3. The summed E-state index contributed by atoms with van der Waals surface area (Å²) in [5, 5.41) is 7.61. The quantitative estimate of drug-likeness (QED) is 0.645. The zero-order valence-corrected chi connectivity index (χ0v) is 17.5. The van der Waals surface area contributed by atoms with E-state index in [4.69, 9.17) is 0 Å². The normalized spacial score (nSPS) is 12.0. The Morgan fingerprint density at radius 2 is 1.97 bits per heavy atom. The highest BCUT2D eigenvalue weighted by atomic mass is 16.2. The molecule has 1 aromatic carbocycles. The summed E-state index contributed by atoms with van der Waals surface area (Å²) in [6.07, 6.45) is 8.20. The van der Waals surface area contributed by atoms with Gasteiger partial charge in [0.05, 0.1) is 24.5 Å². The van der Waals surface area contributed by atoms with Crippen LogP contribution in [-0.4, -0.2) is 32.7 Å². The number of carbonyl (C=O) groups excluding carboxylic acids is 1. The summed E-state index contributed by atoms with van der Waals surface area (Å²) in [5.74, 6) is 0.457. The van der Waals surface area contributed by atoms with E-state index in [1.807, 2.05) is 53.6 Å². The average Bonchev–Trinajstić information content (AvgIpc) is 3.16. The van der Waals surface area contributed by atoms with Gasteiger partial charge in [-0.2, -0.15) is 5.10 Å². The third-order valence-electron chi connectivity index (χ3n) is 4.86. The maximum absolute atomic E-state index is 12.8. The van der Waals surface area contributed by atoms with Gasteiger partial charge in [-0.25, -0.2) is 9.48 Å². The fraction of sp³-hybridized carbons (Fsp3) is 0.348. The van der Waals surface area contributed by atoms with Crippen molar-refractivity contribution in [2.24, 2.45) is 5.92 Å². The van der Waals surface area contributed by atoms with Crippen LogP contribution in [0.15, 0.2) is 61.2 Å². The first-order valence-electron chi connectivity index (χ1n) is 9.95. The van der Waals surface area contributed by atoms with Crippen LogP contribution in [0.1, 0.15) is 43.0 Å². The molecule has 2 aromatic heterocycles. The molecule has 6 heteroatoms. The Hall–Kier alpha value is -3.15. The molecule has 3 rings (SSSR count). The molecule has 3 aromatic rings. The molecular weight excluding hydrogens is 362 g/mol. The van der Waals surface area contributed by atoms with E-state index < -0.39 is 0 Å². The Bertz CT molecular complexity index is 935. The third kappa shape index (κ3) is 5.44. The minimum atomic E-state index is -0.108. The molecule has 1 N–H and O–H groups in total. The number of para-hydroxylation sites is 1. The molecule has 29 heavy (non-hydrogen) atoms. The van der Waals surface area contributed by atoms with E-state index in [1.165, 1.54) is 0 Å². The smallest absolute Gasteiger partial charge is 0.317 e. The van der Waals surface area contributed by atoms with Gasteiger partial charge in [-0.15, -0.1) is 0 Å². The molecule has 0 fully saturated rings. The van der Waals surface area contributed by atoms with Crippen LogP contribution in [0.3, 0.4) is 0 Å². The van der Waals surface area contributed by atoms with Gasteiger partial charge in [-0.1, -0.05) is 38.1 Å². The monoisotopic (exact) mass is 391 g/mol. The summed E-state index contributed by atoms with van der Waals surface area (Å²) < 4.78 is 1.85. The van der Waals surface area contributed by atoms with Gasteiger partial charge in [0, 0.05) is 31.2 Å². The minimum Gasteiger partial charge on any atom is -0.331 e. The van der Waals surface area contributed by atoms with Crippen LogP contribution in [0.4, 0.5) is 4.79 Å². The van der Waals surface area contributed by atoms with Crippen molar-refractivity contribution in [3.05, 3.63) is 77.9 Å². The second kappa shape index (κ2) is 9.37. The SMILES string of the molecule is Cc1ccccc1-n1cc(CN(C)C(=O)NC(CC(C)C)c2cccnc2)cn1. The van der Waals surface area contributed by atoms with Crippen molar-refractivity contribution >= 4 is 6.03 Å². The minimum absolute atomic E-state index is 0.0617. The van der Waals surface area contributed by atoms with Gasteiger partial charge in [0.1, 0.15) is 0 Å². The highest BCUT2D eigenvalue weighted by molar-refractivity contribution is 5.74. The predicted molar refractivity (Wildman–Crippen MR) is 115 cm³/mol. The highest BCUT2D eigenvalue weighted by Gasteiger charge is 2.19. The molecule has 2 heterocycles. The average molecular weight is 392 g/mol. The third-order valence-corrected chi connectivity index (χ3v) is 4.86. The molecule has 0 spiro atoms. The molecule has 0 saturated heterocycles. The largest absolute Gasteiger partial charge is 0.331 e. The fourth-order valence-corrected chi connectivity index (χ4v) is 3.33. The Balaban J connectivity index is 1.66. The summed E-state index contributed by atoms with van der Waals surface area (Å²) in [4.78, 5) is 18.7. The Morgan fingerprint density at radius 3 is 2.66 bits per heavy atom. The summed E-state index contributed by atoms with van der Waals surface area (Å²) in [6.45, 7) is 6.85. The first kappa shape index (κ1) is 20.6. The molecule has 0 bridgehead atoms. The number of hydrogen-bond acceptors (Lipinski definition) is 3. The topological polar surface area (TPSA) is 63.1 Å². The van der Waals surface area contributed by atoms with Crippen molar-refractivity contribution in [1.82, 2.24) is 25.0 Å². The molecule has 0 aliphatic heterocycles. The lowest BCUT2D eigenvalue weighted by molar-refractivity contribution is 0.200. The number of urea groups is 1. The lowest BCUT2D eigenvalue weighted by Gasteiger charge is -2.24. The number of benzene rings is 1. The van der Waals surface area contributed by atoms with E-state index in [0.717, 1.165) is 28.8 Å². The first-order chi connectivity index (χ1) is 13.9. The van der Waals surface area contributed by atoms with Crippen molar-refractivity contribution in [2.75, 3.05) is 7.05 Å². The lowest BCUT2D eigenvalue weighted by atomic mass is 9.98. The van der Waals surface area contributed by atoms with E-state index in [-0.39, 0.29) is 12.1 Å². The number of nitrogens with zero attached hydrogens (tertiary/aromatic N) is 4. The van der Waals surface area contributed by atoms with Crippen molar-refractivity contribution in [3.63, 3.8) is 0 Å². The van der Waals surface area contributed by atoms with Crippen LogP contribution in [0, 0.1) is 12.8 Å². The van der Waals surface area contributed by atoms with Crippen molar-refractivity contribution in [2.45, 2.75) is 39.8 Å². The maximum Gasteiger partial charge on any atom is 0.317 e. The zero-order valence-electron chi connectivity index (χ0n) is 17.5. The van der Waals surface area contributed by atoms with Crippen molar-refractivity contribution in [3.8, 4) is 5.69 Å². The fourth-order valence-electron chi connectivity index (χ4n) is 3.33. The predicted octanol–water partition coefficient (Wildman–Crippen LogP) is 4.50. The maximum atomic E-state index is 12.8. The van der Waals surface area contributed by atoms with Crippen molar-refractivity contribution < 1.29 is 4.79 Å². The molecule has 1 atom stereocenters. The number of aryl methyl sites for hydroxylation is 1. The number of amides is 2. The van der Waals surface area contributed by atoms with Crippen LogP contribution < -0.4 is 5.32 Å². The van der Waals surface area contributed by atoms with Crippen LogP contribution in [-0.2, 0) is 6.54 Å². The first-order valence-corrected chi connectivity index (χ1v) is 9.95. The summed E-state index contributed by atoms with van der Waals surface area (Å²) >= 11 is 0. The van der Waals surface area contributed by atoms with E-state index in [1.54, 1.807) is 18.1 Å². The summed E-state index contributed by atoms with van der Waals surface area (Å²) in [6, 6.07) is 11.8. The molecule has 0 saturated carbocycles. The molecular formula is C23H29N5O. The summed E-state index contributed by atoms with van der Waals surface area (Å²) in [5.41, 5.74) is 4.20. The molecule has 0 radical (unpaired) electrons. The standard InChI is InChI=1S/C23H29N5O/c1-17(2)12-21(20-9-7-11-24-14-20)26-23(29)27(4)15-19-13-25-28(16-19)22-10-6-5-8-18(22)3/h5-11,13-14,16-17,21H,12,15H2,1-4H3,(H,26,29). The lowest BCUT2D eigenvalue weighted by Crippen LogP contribution is -2.39. The number of pyridine rings is 1. The zero-order chi connectivity index (χ0) is 20.8. The number of hydrogen-bond donors (Lipinski definition) is 1. The number of nitrogens with one attached hydrogen (secondary N) is 1. The second-order valence-corrected chi connectivity index (χ2v) is 7.85. The van der Waals surface area contributed by atoms with Gasteiger partial charge in [0.2, 0.25) is 0 Å². The number of rotatable bonds is 7. The Morgan fingerprint density at radius 1 is 1.17 bits per heavy atom. The van der Waals surface area contributed by atoms with E-state index >= 15 is 0 Å². The molecule has 0 aliphatic carbocycles. The Kier molecular flexibility index (Phi) is 6.65. The molecule has 0 aliphatic rings. The molecule has 1 unspecified atom stereocenters. The van der Waals surface area contributed by atoms with Gasteiger partial charge in [0.15, 0.2) is 0 Å². The van der Waals surface area contributed by atoms with Gasteiger partial charge in [-0.3, -0.25) is 4.98 Å².